The lowest BCUT2D eigenvalue weighted by Gasteiger charge is -2.26. The smallest absolute Gasteiger partial charge is 0.246 e. The molecule has 5 heteroatoms. The van der Waals surface area contributed by atoms with E-state index in [4.69, 9.17) is 0 Å². The number of rotatable bonds is 3. The van der Waals surface area contributed by atoms with E-state index in [1.807, 2.05) is 34.7 Å². The highest BCUT2D eigenvalue weighted by Crippen LogP contribution is 2.23. The fourth-order valence-electron chi connectivity index (χ4n) is 2.29. The van der Waals surface area contributed by atoms with Crippen LogP contribution in [0.4, 0.5) is 0 Å². The Hall–Kier alpha value is -1.62. The molecule has 0 atom stereocenters. The number of nitrogens with zero attached hydrogens (tertiary/aromatic N) is 4. The SMILES string of the molecule is CN(C)C/C=C/C(=O)N1CCn2nc(C(C)(C)C)cc2C1. The van der Waals surface area contributed by atoms with E-state index in [2.05, 4.69) is 31.9 Å². The fraction of sp³-hybridized carbons (Fsp3) is 0.625. The molecule has 2 heterocycles. The lowest BCUT2D eigenvalue weighted by Crippen LogP contribution is -2.37. The van der Waals surface area contributed by atoms with Crippen molar-refractivity contribution < 1.29 is 4.79 Å². The maximum absolute atomic E-state index is 12.2. The molecule has 0 aliphatic carbocycles. The first-order valence-corrected chi connectivity index (χ1v) is 7.45. The summed E-state index contributed by atoms with van der Waals surface area (Å²) in [6.45, 7) is 9.42. The second kappa shape index (κ2) is 6.02. The topological polar surface area (TPSA) is 41.4 Å². The molecule has 1 aliphatic heterocycles. The lowest BCUT2D eigenvalue weighted by molar-refractivity contribution is -0.127. The summed E-state index contributed by atoms with van der Waals surface area (Å²) in [5.41, 5.74) is 2.26. The maximum Gasteiger partial charge on any atom is 0.246 e. The summed E-state index contributed by atoms with van der Waals surface area (Å²) >= 11 is 0. The number of amides is 1. The molecule has 0 N–H and O–H groups in total. The number of likely N-dealkylation sites (N-methyl/N-ethyl adjacent to an activating group) is 1. The van der Waals surface area contributed by atoms with Gasteiger partial charge in [-0.3, -0.25) is 9.48 Å². The van der Waals surface area contributed by atoms with E-state index in [-0.39, 0.29) is 11.3 Å². The van der Waals surface area contributed by atoms with E-state index >= 15 is 0 Å². The average Bonchev–Trinajstić information content (AvgIpc) is 2.80. The molecule has 1 aliphatic rings. The summed E-state index contributed by atoms with van der Waals surface area (Å²) in [5, 5.41) is 4.66. The van der Waals surface area contributed by atoms with E-state index < -0.39 is 0 Å². The minimum absolute atomic E-state index is 0.0464. The van der Waals surface area contributed by atoms with Crippen LogP contribution in [-0.4, -0.2) is 52.7 Å². The van der Waals surface area contributed by atoms with Gasteiger partial charge >= 0.3 is 0 Å². The number of fused-ring (bicyclic) bond motifs is 1. The normalized spacial score (nSPS) is 15.8. The molecule has 0 saturated heterocycles. The van der Waals surface area contributed by atoms with Crippen LogP contribution in [0.25, 0.3) is 0 Å². The van der Waals surface area contributed by atoms with Crippen LogP contribution in [0.2, 0.25) is 0 Å². The third-order valence-corrected chi connectivity index (χ3v) is 3.61. The predicted molar refractivity (Wildman–Crippen MR) is 84.0 cm³/mol. The highest BCUT2D eigenvalue weighted by atomic mass is 16.2. The number of carbonyl (C=O) groups is 1. The zero-order chi connectivity index (χ0) is 15.6. The maximum atomic E-state index is 12.2. The Morgan fingerprint density at radius 2 is 2.10 bits per heavy atom. The van der Waals surface area contributed by atoms with Crippen molar-refractivity contribution in [1.82, 2.24) is 19.6 Å². The van der Waals surface area contributed by atoms with Crippen LogP contribution < -0.4 is 0 Å². The van der Waals surface area contributed by atoms with Gasteiger partial charge in [-0.25, -0.2) is 0 Å². The van der Waals surface area contributed by atoms with E-state index in [0.29, 0.717) is 6.54 Å². The standard InChI is InChI=1S/C16H26N4O/c1-16(2,3)14-11-13-12-19(9-10-20(13)17-14)15(21)7-6-8-18(4)5/h6-7,11H,8-10,12H2,1-5H3/b7-6+. The number of hydrogen-bond acceptors (Lipinski definition) is 3. The van der Waals surface area contributed by atoms with Crippen LogP contribution in [0.5, 0.6) is 0 Å². The molecule has 116 valence electrons. The molecular weight excluding hydrogens is 264 g/mol. The summed E-state index contributed by atoms with van der Waals surface area (Å²) in [7, 11) is 3.98. The second-order valence-electron chi connectivity index (χ2n) is 6.92. The Bertz CT molecular complexity index is 537. The Morgan fingerprint density at radius 3 is 2.71 bits per heavy atom. The van der Waals surface area contributed by atoms with Crippen molar-refractivity contribution >= 4 is 5.91 Å². The van der Waals surface area contributed by atoms with Gasteiger partial charge in [0.05, 0.1) is 24.5 Å². The van der Waals surface area contributed by atoms with Crippen molar-refractivity contribution in [3.8, 4) is 0 Å². The van der Waals surface area contributed by atoms with Gasteiger partial charge < -0.3 is 9.80 Å². The van der Waals surface area contributed by atoms with Crippen LogP contribution >= 0.6 is 0 Å². The fourth-order valence-corrected chi connectivity index (χ4v) is 2.29. The van der Waals surface area contributed by atoms with Gasteiger partial charge in [0.15, 0.2) is 0 Å². The minimum atomic E-state index is 0.0464. The van der Waals surface area contributed by atoms with E-state index in [0.717, 1.165) is 31.0 Å². The molecule has 0 fully saturated rings. The Kier molecular flexibility index (Phi) is 4.52. The summed E-state index contributed by atoms with van der Waals surface area (Å²) in [6.07, 6.45) is 3.59. The van der Waals surface area contributed by atoms with Crippen LogP contribution in [-0.2, 0) is 23.3 Å². The van der Waals surface area contributed by atoms with Gasteiger partial charge in [-0.05, 0) is 20.2 Å². The van der Waals surface area contributed by atoms with Crippen LogP contribution in [0.3, 0.4) is 0 Å². The van der Waals surface area contributed by atoms with E-state index in [9.17, 15) is 4.79 Å². The number of aromatic nitrogens is 2. The Balaban J connectivity index is 2.04. The van der Waals surface area contributed by atoms with Crippen molar-refractivity contribution in [2.24, 2.45) is 0 Å². The Morgan fingerprint density at radius 1 is 1.38 bits per heavy atom. The third-order valence-electron chi connectivity index (χ3n) is 3.61. The molecule has 1 aromatic rings. The van der Waals surface area contributed by atoms with Crippen molar-refractivity contribution in [3.63, 3.8) is 0 Å². The first-order chi connectivity index (χ1) is 9.77. The van der Waals surface area contributed by atoms with Gasteiger partial charge in [0.2, 0.25) is 5.91 Å². The molecule has 21 heavy (non-hydrogen) atoms. The molecule has 5 nitrogen and oxygen atoms in total. The van der Waals surface area contributed by atoms with Gasteiger partial charge in [0, 0.05) is 24.6 Å². The van der Waals surface area contributed by atoms with Gasteiger partial charge in [0.25, 0.3) is 0 Å². The van der Waals surface area contributed by atoms with Gasteiger partial charge in [-0.1, -0.05) is 26.8 Å². The third kappa shape index (κ3) is 3.94. The molecule has 0 saturated carbocycles. The average molecular weight is 290 g/mol. The quantitative estimate of drug-likeness (QED) is 0.795. The van der Waals surface area contributed by atoms with Gasteiger partial charge in [-0.2, -0.15) is 5.10 Å². The number of carbonyl (C=O) groups excluding carboxylic acids is 1. The monoisotopic (exact) mass is 290 g/mol. The van der Waals surface area contributed by atoms with Crippen LogP contribution in [0.15, 0.2) is 18.2 Å². The molecule has 0 aromatic carbocycles. The first-order valence-electron chi connectivity index (χ1n) is 7.45. The molecule has 0 bridgehead atoms. The van der Waals surface area contributed by atoms with Crippen LogP contribution in [0.1, 0.15) is 32.2 Å². The molecular formula is C16H26N4O. The minimum Gasteiger partial charge on any atom is -0.331 e. The number of hydrogen-bond donors (Lipinski definition) is 0. The second-order valence-corrected chi connectivity index (χ2v) is 6.92. The molecule has 0 radical (unpaired) electrons. The summed E-state index contributed by atoms with van der Waals surface area (Å²) < 4.78 is 2.04. The first kappa shape index (κ1) is 15.8. The predicted octanol–water partition coefficient (Wildman–Crippen LogP) is 1.64. The van der Waals surface area contributed by atoms with Crippen molar-refractivity contribution in [2.45, 2.75) is 39.3 Å². The van der Waals surface area contributed by atoms with Gasteiger partial charge in [-0.15, -0.1) is 0 Å². The van der Waals surface area contributed by atoms with E-state index in [1.165, 1.54) is 0 Å². The van der Waals surface area contributed by atoms with Crippen molar-refractivity contribution in [2.75, 3.05) is 27.2 Å². The van der Waals surface area contributed by atoms with Crippen molar-refractivity contribution in [1.29, 1.82) is 0 Å². The molecule has 0 spiro atoms. The van der Waals surface area contributed by atoms with Crippen LogP contribution in [0, 0.1) is 0 Å². The van der Waals surface area contributed by atoms with E-state index in [1.54, 1.807) is 6.08 Å². The highest BCUT2D eigenvalue weighted by molar-refractivity contribution is 5.87. The summed E-state index contributed by atoms with van der Waals surface area (Å²) in [6, 6.07) is 2.13. The van der Waals surface area contributed by atoms with Crippen molar-refractivity contribution in [3.05, 3.63) is 29.6 Å². The van der Waals surface area contributed by atoms with Gasteiger partial charge in [0.1, 0.15) is 0 Å². The molecule has 0 unspecified atom stereocenters. The zero-order valence-electron chi connectivity index (χ0n) is 13.8. The Labute approximate surface area is 127 Å². The zero-order valence-corrected chi connectivity index (χ0v) is 13.8. The molecule has 1 amide bonds. The molecule has 1 aromatic heterocycles. The summed E-state index contributed by atoms with van der Waals surface area (Å²) in [4.78, 5) is 16.1. The molecule has 2 rings (SSSR count). The summed E-state index contributed by atoms with van der Waals surface area (Å²) in [5.74, 6) is 0.0848. The lowest BCUT2D eigenvalue weighted by atomic mass is 9.92. The highest BCUT2D eigenvalue weighted by Gasteiger charge is 2.24. The largest absolute Gasteiger partial charge is 0.331 e.